The summed E-state index contributed by atoms with van der Waals surface area (Å²) in [6.07, 6.45) is 4.16. The van der Waals surface area contributed by atoms with Crippen LogP contribution in [0, 0.1) is 0 Å². The van der Waals surface area contributed by atoms with Crippen molar-refractivity contribution < 1.29 is 9.47 Å². The van der Waals surface area contributed by atoms with E-state index < -0.39 is 0 Å². The van der Waals surface area contributed by atoms with Crippen LogP contribution < -0.4 is 10.6 Å². The van der Waals surface area contributed by atoms with Crippen LogP contribution in [0.1, 0.15) is 31.7 Å². The van der Waals surface area contributed by atoms with Crippen LogP contribution in [0.4, 0.5) is 11.4 Å². The number of nitrogens with zero attached hydrogens (tertiary/aromatic N) is 1. The standard InChI is InChI=1S/C16H24N2O2/c1-16(19-2)10-18(11-16)14-7-12(6-13(17)8-14)9-20-15-4-3-5-15/h6-8,15H,3-5,9-11,17H2,1-2H3. The molecule has 1 aromatic carbocycles. The highest BCUT2D eigenvalue weighted by Gasteiger charge is 2.39. The molecule has 0 unspecified atom stereocenters. The number of methoxy groups -OCH3 is 1. The predicted octanol–water partition coefficient (Wildman–Crippen LogP) is 2.56. The van der Waals surface area contributed by atoms with Gasteiger partial charge in [-0.05, 0) is 49.9 Å². The monoisotopic (exact) mass is 276 g/mol. The van der Waals surface area contributed by atoms with E-state index in [4.69, 9.17) is 15.2 Å². The van der Waals surface area contributed by atoms with Gasteiger partial charge in [0.05, 0.1) is 18.3 Å². The minimum absolute atomic E-state index is 0.0206. The molecular weight excluding hydrogens is 252 g/mol. The molecule has 0 spiro atoms. The topological polar surface area (TPSA) is 47.7 Å². The third kappa shape index (κ3) is 2.76. The van der Waals surface area contributed by atoms with Crippen molar-refractivity contribution in [2.45, 2.75) is 44.5 Å². The predicted molar refractivity (Wildman–Crippen MR) is 80.9 cm³/mol. The molecule has 1 aliphatic carbocycles. The second kappa shape index (κ2) is 5.26. The summed E-state index contributed by atoms with van der Waals surface area (Å²) in [5.41, 5.74) is 9.14. The van der Waals surface area contributed by atoms with Gasteiger partial charge in [-0.3, -0.25) is 0 Å². The second-order valence-electron chi connectivity index (χ2n) is 6.31. The second-order valence-corrected chi connectivity index (χ2v) is 6.31. The van der Waals surface area contributed by atoms with E-state index in [1.54, 1.807) is 7.11 Å². The van der Waals surface area contributed by atoms with E-state index in [1.165, 1.54) is 24.9 Å². The molecule has 0 atom stereocenters. The summed E-state index contributed by atoms with van der Waals surface area (Å²) in [6, 6.07) is 6.23. The molecule has 1 heterocycles. The zero-order chi connectivity index (χ0) is 14.2. The van der Waals surface area contributed by atoms with Gasteiger partial charge in [0.1, 0.15) is 0 Å². The van der Waals surface area contributed by atoms with Crippen molar-refractivity contribution in [3.8, 4) is 0 Å². The number of anilines is 2. The van der Waals surface area contributed by atoms with Gasteiger partial charge in [0.2, 0.25) is 0 Å². The molecule has 4 heteroatoms. The first kappa shape index (κ1) is 13.7. The lowest BCUT2D eigenvalue weighted by Gasteiger charge is -2.48. The largest absolute Gasteiger partial charge is 0.399 e. The number of benzene rings is 1. The molecule has 110 valence electrons. The van der Waals surface area contributed by atoms with E-state index in [0.717, 1.165) is 24.3 Å². The molecule has 2 aliphatic rings. The van der Waals surface area contributed by atoms with Crippen LogP contribution in [0.2, 0.25) is 0 Å². The van der Waals surface area contributed by atoms with E-state index in [1.807, 2.05) is 12.1 Å². The van der Waals surface area contributed by atoms with Crippen LogP contribution in [0.3, 0.4) is 0 Å². The SMILES string of the molecule is COC1(C)CN(c2cc(N)cc(COC3CCC3)c2)C1. The molecule has 3 rings (SSSR count). The van der Waals surface area contributed by atoms with Gasteiger partial charge in [-0.1, -0.05) is 0 Å². The van der Waals surface area contributed by atoms with Gasteiger partial charge in [-0.15, -0.1) is 0 Å². The van der Waals surface area contributed by atoms with E-state index in [2.05, 4.69) is 17.9 Å². The molecule has 0 aromatic heterocycles. The van der Waals surface area contributed by atoms with Gasteiger partial charge in [0.15, 0.2) is 0 Å². The average molecular weight is 276 g/mol. The highest BCUT2D eigenvalue weighted by Crippen LogP contribution is 2.32. The van der Waals surface area contributed by atoms with Crippen LogP contribution in [0.5, 0.6) is 0 Å². The lowest BCUT2D eigenvalue weighted by Crippen LogP contribution is -2.61. The van der Waals surface area contributed by atoms with Crippen molar-refractivity contribution >= 4 is 11.4 Å². The Hall–Kier alpha value is -1.26. The van der Waals surface area contributed by atoms with E-state index in [0.29, 0.717) is 12.7 Å². The summed E-state index contributed by atoms with van der Waals surface area (Å²) in [5.74, 6) is 0. The molecule has 2 N–H and O–H groups in total. The zero-order valence-corrected chi connectivity index (χ0v) is 12.4. The first-order valence-corrected chi connectivity index (χ1v) is 7.39. The first-order valence-electron chi connectivity index (χ1n) is 7.39. The maximum Gasteiger partial charge on any atom is 0.0998 e. The Bertz CT molecular complexity index is 479. The normalized spacial score (nSPS) is 21.4. The van der Waals surface area contributed by atoms with Crippen molar-refractivity contribution in [2.24, 2.45) is 0 Å². The van der Waals surface area contributed by atoms with Gasteiger partial charge < -0.3 is 20.1 Å². The van der Waals surface area contributed by atoms with Crippen molar-refractivity contribution in [2.75, 3.05) is 30.8 Å². The minimum Gasteiger partial charge on any atom is -0.399 e. The maximum atomic E-state index is 6.02. The Kier molecular flexibility index (Phi) is 3.61. The molecule has 1 aromatic rings. The summed E-state index contributed by atoms with van der Waals surface area (Å²) in [6.45, 7) is 4.63. The summed E-state index contributed by atoms with van der Waals surface area (Å²) in [5, 5.41) is 0. The summed E-state index contributed by atoms with van der Waals surface area (Å²) >= 11 is 0. The molecule has 2 fully saturated rings. The highest BCUT2D eigenvalue weighted by molar-refractivity contribution is 5.60. The Morgan fingerprint density at radius 1 is 1.30 bits per heavy atom. The lowest BCUT2D eigenvalue weighted by atomic mass is 9.95. The van der Waals surface area contributed by atoms with E-state index in [9.17, 15) is 0 Å². The fourth-order valence-corrected chi connectivity index (χ4v) is 2.79. The molecule has 1 saturated heterocycles. The molecule has 0 radical (unpaired) electrons. The third-order valence-electron chi connectivity index (χ3n) is 4.45. The molecule has 4 nitrogen and oxygen atoms in total. The lowest BCUT2D eigenvalue weighted by molar-refractivity contribution is -0.0169. The highest BCUT2D eigenvalue weighted by atomic mass is 16.5. The number of hydrogen-bond acceptors (Lipinski definition) is 4. The van der Waals surface area contributed by atoms with Crippen LogP contribution in [-0.4, -0.2) is 31.9 Å². The summed E-state index contributed by atoms with van der Waals surface area (Å²) in [7, 11) is 1.77. The van der Waals surface area contributed by atoms with Gasteiger partial charge in [0.25, 0.3) is 0 Å². The van der Waals surface area contributed by atoms with Gasteiger partial charge in [0, 0.05) is 31.6 Å². The van der Waals surface area contributed by atoms with Crippen LogP contribution >= 0.6 is 0 Å². The number of ether oxygens (including phenoxy) is 2. The average Bonchev–Trinajstić information content (AvgIpc) is 2.32. The minimum atomic E-state index is -0.0206. The summed E-state index contributed by atoms with van der Waals surface area (Å²) < 4.78 is 11.4. The summed E-state index contributed by atoms with van der Waals surface area (Å²) in [4.78, 5) is 2.30. The van der Waals surface area contributed by atoms with Crippen LogP contribution in [0.15, 0.2) is 18.2 Å². The van der Waals surface area contributed by atoms with Gasteiger partial charge in [-0.2, -0.15) is 0 Å². The van der Waals surface area contributed by atoms with Crippen molar-refractivity contribution in [3.63, 3.8) is 0 Å². The molecular formula is C16H24N2O2. The Morgan fingerprint density at radius 3 is 2.65 bits per heavy atom. The Labute approximate surface area is 120 Å². The first-order chi connectivity index (χ1) is 9.58. The quantitative estimate of drug-likeness (QED) is 0.840. The number of nitrogen functional groups attached to an aromatic ring is 1. The molecule has 0 bridgehead atoms. The maximum absolute atomic E-state index is 6.02. The van der Waals surface area contributed by atoms with E-state index >= 15 is 0 Å². The molecule has 1 saturated carbocycles. The van der Waals surface area contributed by atoms with E-state index in [-0.39, 0.29) is 5.60 Å². The number of rotatable bonds is 5. The van der Waals surface area contributed by atoms with Crippen molar-refractivity contribution in [1.29, 1.82) is 0 Å². The fourth-order valence-electron chi connectivity index (χ4n) is 2.79. The van der Waals surface area contributed by atoms with Crippen LogP contribution in [-0.2, 0) is 16.1 Å². The fraction of sp³-hybridized carbons (Fsp3) is 0.625. The van der Waals surface area contributed by atoms with Gasteiger partial charge >= 0.3 is 0 Å². The Morgan fingerprint density at radius 2 is 2.05 bits per heavy atom. The third-order valence-corrected chi connectivity index (χ3v) is 4.45. The van der Waals surface area contributed by atoms with Crippen LogP contribution in [0.25, 0.3) is 0 Å². The molecule has 1 aliphatic heterocycles. The molecule has 0 amide bonds. The Balaban J connectivity index is 1.64. The van der Waals surface area contributed by atoms with Gasteiger partial charge in [-0.25, -0.2) is 0 Å². The smallest absolute Gasteiger partial charge is 0.0998 e. The zero-order valence-electron chi connectivity index (χ0n) is 12.4. The molecule has 20 heavy (non-hydrogen) atoms. The van der Waals surface area contributed by atoms with Crippen molar-refractivity contribution in [3.05, 3.63) is 23.8 Å². The number of nitrogens with two attached hydrogens (primary N) is 1. The van der Waals surface area contributed by atoms with Crippen molar-refractivity contribution in [1.82, 2.24) is 0 Å². The number of hydrogen-bond donors (Lipinski definition) is 1.